The van der Waals surface area contributed by atoms with Crippen LogP contribution in [0.25, 0.3) is 0 Å². The van der Waals surface area contributed by atoms with Crippen LogP contribution in [-0.2, 0) is 11.2 Å². The van der Waals surface area contributed by atoms with E-state index in [0.717, 1.165) is 0 Å². The molecule has 3 rings (SSSR count). The molecule has 1 aliphatic heterocycles. The van der Waals surface area contributed by atoms with E-state index < -0.39 is 17.1 Å². The van der Waals surface area contributed by atoms with Gasteiger partial charge in [-0.3, -0.25) is 0 Å². The number of ether oxygens (including phenoxy) is 1. The molecule has 4 nitrogen and oxygen atoms in total. The van der Waals surface area contributed by atoms with E-state index in [1.807, 2.05) is 0 Å². The standard InChI is InChI=1S/C13H8O4S/c14-13(15)8-5-6-10-12(7-8)18(16)11-4-2-1-3-9(11)17-10/h1-7H,(H,14,15). The van der Waals surface area contributed by atoms with Crippen LogP contribution in [0.4, 0.5) is 0 Å². The maximum absolute atomic E-state index is 12.3. The minimum absolute atomic E-state index is 0.102. The Hall–Kier alpha value is -1.98. The average molecular weight is 260 g/mol. The number of benzene rings is 2. The summed E-state index contributed by atoms with van der Waals surface area (Å²) in [6.45, 7) is 0. The lowest BCUT2D eigenvalue weighted by Gasteiger charge is -2.21. The summed E-state index contributed by atoms with van der Waals surface area (Å²) in [5.41, 5.74) is 0.102. The van der Waals surface area contributed by atoms with Crippen LogP contribution >= 0.6 is 0 Å². The molecule has 0 fully saturated rings. The fourth-order valence-electron chi connectivity index (χ4n) is 1.79. The topological polar surface area (TPSA) is 69.6 Å². The summed E-state index contributed by atoms with van der Waals surface area (Å²) >= 11 is -1.41. The summed E-state index contributed by atoms with van der Waals surface area (Å²) in [5.74, 6) is -0.0582. The Morgan fingerprint density at radius 2 is 1.83 bits per heavy atom. The highest BCUT2D eigenvalue weighted by Gasteiger charge is 2.30. The molecule has 0 aromatic heterocycles. The molecule has 1 heterocycles. The minimum atomic E-state index is -1.41. The monoisotopic (exact) mass is 260 g/mol. The summed E-state index contributed by atoms with van der Waals surface area (Å²) in [6, 6.07) is 11.4. The predicted octanol–water partition coefficient (Wildman–Crippen LogP) is 2.66. The molecule has 2 aromatic carbocycles. The van der Waals surface area contributed by atoms with Crippen molar-refractivity contribution >= 4 is 17.1 Å². The van der Waals surface area contributed by atoms with Crippen molar-refractivity contribution in [1.82, 2.24) is 0 Å². The number of hydrogen-bond acceptors (Lipinski definition) is 3. The number of para-hydroxylation sites is 1. The van der Waals surface area contributed by atoms with Crippen molar-refractivity contribution in [2.75, 3.05) is 0 Å². The van der Waals surface area contributed by atoms with Crippen molar-refractivity contribution in [2.24, 2.45) is 0 Å². The second kappa shape index (κ2) is 4.04. The maximum Gasteiger partial charge on any atom is 0.335 e. The summed E-state index contributed by atoms with van der Waals surface area (Å²) < 4.78 is 17.9. The first kappa shape index (κ1) is 11.1. The molecule has 0 radical (unpaired) electrons. The van der Waals surface area contributed by atoms with E-state index in [1.165, 1.54) is 18.2 Å². The molecule has 2 aromatic rings. The molecule has 90 valence electrons. The van der Waals surface area contributed by atoms with E-state index in [0.29, 0.717) is 21.3 Å². The molecule has 1 aliphatic rings. The molecule has 0 saturated carbocycles. The molecule has 0 bridgehead atoms. The first-order valence-electron chi connectivity index (χ1n) is 5.23. The van der Waals surface area contributed by atoms with Crippen LogP contribution in [0.1, 0.15) is 10.4 Å². The van der Waals surface area contributed by atoms with Gasteiger partial charge in [-0.05, 0) is 24.3 Å². The van der Waals surface area contributed by atoms with Crippen molar-refractivity contribution in [3.63, 3.8) is 0 Å². The summed E-state index contributed by atoms with van der Waals surface area (Å²) in [7, 11) is 0. The van der Waals surface area contributed by atoms with Gasteiger partial charge in [-0.25, -0.2) is 4.79 Å². The average Bonchev–Trinajstić information content (AvgIpc) is 2.38. The zero-order valence-corrected chi connectivity index (χ0v) is 9.94. The van der Waals surface area contributed by atoms with Gasteiger partial charge in [0.25, 0.3) is 0 Å². The largest absolute Gasteiger partial charge is 0.606 e. The molecule has 1 N–H and O–H groups in total. The summed E-state index contributed by atoms with van der Waals surface area (Å²) in [5, 5.41) is 8.93. The van der Waals surface area contributed by atoms with Gasteiger partial charge >= 0.3 is 5.97 Å². The summed E-state index contributed by atoms with van der Waals surface area (Å²) in [6.07, 6.45) is 0. The Bertz CT molecular complexity index is 639. The molecule has 0 saturated heterocycles. The van der Waals surface area contributed by atoms with Gasteiger partial charge in [0.05, 0.1) is 5.56 Å². The lowest BCUT2D eigenvalue weighted by atomic mass is 10.2. The second-order valence-corrected chi connectivity index (χ2v) is 5.20. The van der Waals surface area contributed by atoms with Crippen molar-refractivity contribution in [1.29, 1.82) is 0 Å². The van der Waals surface area contributed by atoms with Gasteiger partial charge in [-0.1, -0.05) is 12.1 Å². The van der Waals surface area contributed by atoms with Crippen LogP contribution in [0, 0.1) is 0 Å². The smallest absolute Gasteiger partial charge is 0.335 e. The Kier molecular flexibility index (Phi) is 2.50. The Morgan fingerprint density at radius 3 is 2.61 bits per heavy atom. The summed E-state index contributed by atoms with van der Waals surface area (Å²) in [4.78, 5) is 11.9. The molecule has 18 heavy (non-hydrogen) atoms. The third-order valence-corrected chi connectivity index (χ3v) is 4.11. The van der Waals surface area contributed by atoms with Crippen LogP contribution < -0.4 is 4.74 Å². The van der Waals surface area contributed by atoms with Crippen LogP contribution in [0.2, 0.25) is 0 Å². The third-order valence-electron chi connectivity index (χ3n) is 2.66. The number of carboxylic acid groups (broad SMARTS) is 1. The van der Waals surface area contributed by atoms with Gasteiger partial charge in [0.2, 0.25) is 9.79 Å². The van der Waals surface area contributed by atoms with Crippen LogP contribution in [0.15, 0.2) is 52.3 Å². The van der Waals surface area contributed by atoms with E-state index in [1.54, 1.807) is 24.3 Å². The number of rotatable bonds is 1. The molecular formula is C13H8O4S. The van der Waals surface area contributed by atoms with Gasteiger partial charge in [-0.2, -0.15) is 0 Å². The van der Waals surface area contributed by atoms with E-state index >= 15 is 0 Å². The minimum Gasteiger partial charge on any atom is -0.606 e. The molecule has 0 spiro atoms. The Labute approximate surface area is 106 Å². The van der Waals surface area contributed by atoms with Gasteiger partial charge in [0, 0.05) is 17.2 Å². The van der Waals surface area contributed by atoms with Crippen molar-refractivity contribution in [3.05, 3.63) is 48.0 Å². The Balaban J connectivity index is 2.14. The van der Waals surface area contributed by atoms with Gasteiger partial charge < -0.3 is 14.4 Å². The molecule has 0 amide bonds. The zero-order chi connectivity index (χ0) is 12.7. The highest BCUT2D eigenvalue weighted by molar-refractivity contribution is 7.91. The van der Waals surface area contributed by atoms with E-state index in [9.17, 15) is 9.35 Å². The lowest BCUT2D eigenvalue weighted by molar-refractivity contribution is 0.0696. The number of carboxylic acids is 1. The van der Waals surface area contributed by atoms with Crippen molar-refractivity contribution in [3.8, 4) is 11.5 Å². The highest BCUT2D eigenvalue weighted by Crippen LogP contribution is 2.42. The molecule has 1 unspecified atom stereocenters. The number of fused-ring (bicyclic) bond motifs is 2. The number of carbonyl (C=O) groups is 1. The van der Waals surface area contributed by atoms with Crippen LogP contribution in [-0.4, -0.2) is 15.6 Å². The van der Waals surface area contributed by atoms with Crippen LogP contribution in [0.3, 0.4) is 0 Å². The molecular weight excluding hydrogens is 252 g/mol. The first-order valence-corrected chi connectivity index (χ1v) is 6.38. The molecule has 5 heteroatoms. The predicted molar refractivity (Wildman–Crippen MR) is 64.6 cm³/mol. The fourth-order valence-corrected chi connectivity index (χ4v) is 3.05. The fraction of sp³-hybridized carbons (Fsp3) is 0. The van der Waals surface area contributed by atoms with E-state index in [4.69, 9.17) is 9.84 Å². The first-order chi connectivity index (χ1) is 8.66. The highest BCUT2D eigenvalue weighted by atomic mass is 32.2. The van der Waals surface area contributed by atoms with Crippen LogP contribution in [0.5, 0.6) is 11.5 Å². The van der Waals surface area contributed by atoms with Gasteiger partial charge in [-0.15, -0.1) is 0 Å². The van der Waals surface area contributed by atoms with Crippen molar-refractivity contribution in [2.45, 2.75) is 9.79 Å². The third kappa shape index (κ3) is 1.64. The SMILES string of the molecule is O=C(O)c1ccc2c(c1)[S+]([O-])c1ccccc1O2. The maximum atomic E-state index is 12.3. The normalized spacial score (nSPS) is 16.4. The van der Waals surface area contributed by atoms with Gasteiger partial charge in [0.15, 0.2) is 11.5 Å². The second-order valence-electron chi connectivity index (χ2n) is 3.78. The molecule has 1 atom stereocenters. The zero-order valence-electron chi connectivity index (χ0n) is 9.12. The van der Waals surface area contributed by atoms with Crippen molar-refractivity contribution < 1.29 is 19.2 Å². The molecule has 0 aliphatic carbocycles. The van der Waals surface area contributed by atoms with E-state index in [2.05, 4.69) is 0 Å². The van der Waals surface area contributed by atoms with E-state index in [-0.39, 0.29) is 5.56 Å². The van der Waals surface area contributed by atoms with Gasteiger partial charge in [0.1, 0.15) is 0 Å². The number of aromatic carboxylic acids is 1. The lowest BCUT2D eigenvalue weighted by Crippen LogP contribution is -2.12. The Morgan fingerprint density at radius 1 is 1.11 bits per heavy atom. The number of hydrogen-bond donors (Lipinski definition) is 1. The quantitative estimate of drug-likeness (QED) is 0.800.